The van der Waals surface area contributed by atoms with E-state index in [0.29, 0.717) is 30.5 Å². The summed E-state index contributed by atoms with van der Waals surface area (Å²) in [7, 11) is 0. The third-order valence-corrected chi connectivity index (χ3v) is 4.27. The summed E-state index contributed by atoms with van der Waals surface area (Å²) < 4.78 is 29.6. The summed E-state index contributed by atoms with van der Waals surface area (Å²) in [5, 5.41) is 2.85. The number of halogens is 2. The second kappa shape index (κ2) is 7.41. The fraction of sp³-hybridized carbons (Fsp3) is 0.316. The number of hydrogen-bond donors (Lipinski definition) is 1. The molecule has 0 aromatic heterocycles. The molecular formula is C19H19ClFNO4. The highest BCUT2D eigenvalue weighted by Gasteiger charge is 2.25. The first-order valence-electron chi connectivity index (χ1n) is 8.14. The zero-order valence-electron chi connectivity index (χ0n) is 14.5. The van der Waals surface area contributed by atoms with Gasteiger partial charge in [-0.1, -0.05) is 17.7 Å². The highest BCUT2D eigenvalue weighted by Crippen LogP contribution is 2.34. The number of carbonyl (C=O) groups excluding carboxylic acids is 1. The summed E-state index contributed by atoms with van der Waals surface area (Å²) in [6, 6.07) is 9.50. The van der Waals surface area contributed by atoms with Gasteiger partial charge >= 0.3 is 0 Å². The molecule has 0 fully saturated rings. The lowest BCUT2D eigenvalue weighted by molar-refractivity contribution is -0.124. The number of carbonyl (C=O) groups is 1. The van der Waals surface area contributed by atoms with Crippen LogP contribution < -0.4 is 19.5 Å². The molecule has 0 aliphatic carbocycles. The summed E-state index contributed by atoms with van der Waals surface area (Å²) in [4.78, 5) is 12.2. The molecule has 1 heterocycles. The number of nitrogens with one attached hydrogen (secondary N) is 1. The number of benzene rings is 2. The normalized spacial score (nSPS) is 13.2. The Hall–Kier alpha value is -2.47. The molecule has 0 unspecified atom stereocenters. The molecule has 138 valence electrons. The van der Waals surface area contributed by atoms with Crippen LogP contribution in [0.4, 0.5) is 4.39 Å². The molecular weight excluding hydrogens is 361 g/mol. The number of hydrogen-bond acceptors (Lipinski definition) is 4. The molecule has 0 atom stereocenters. The molecule has 0 spiro atoms. The minimum atomic E-state index is -0.642. The number of fused-ring (bicyclic) bond motifs is 1. The molecule has 0 radical (unpaired) electrons. The van der Waals surface area contributed by atoms with Crippen LogP contribution in [0.15, 0.2) is 36.4 Å². The molecule has 0 bridgehead atoms. The van der Waals surface area contributed by atoms with Crippen molar-refractivity contribution in [3.05, 3.63) is 52.8 Å². The van der Waals surface area contributed by atoms with Crippen molar-refractivity contribution in [2.24, 2.45) is 0 Å². The van der Waals surface area contributed by atoms with E-state index in [2.05, 4.69) is 5.32 Å². The van der Waals surface area contributed by atoms with Gasteiger partial charge in [-0.25, -0.2) is 4.39 Å². The van der Waals surface area contributed by atoms with Gasteiger partial charge in [-0.15, -0.1) is 0 Å². The zero-order valence-corrected chi connectivity index (χ0v) is 15.2. The first kappa shape index (κ1) is 18.3. The van der Waals surface area contributed by atoms with Crippen LogP contribution in [-0.2, 0) is 10.3 Å². The lowest BCUT2D eigenvalue weighted by Crippen LogP contribution is -2.43. The maximum atomic E-state index is 13.1. The average molecular weight is 380 g/mol. The van der Waals surface area contributed by atoms with Gasteiger partial charge < -0.3 is 19.5 Å². The topological polar surface area (TPSA) is 56.8 Å². The maximum Gasteiger partial charge on any atom is 0.258 e. The molecule has 7 heteroatoms. The molecule has 3 rings (SSSR count). The Bertz CT molecular complexity index is 825. The van der Waals surface area contributed by atoms with Crippen molar-refractivity contribution in [3.63, 3.8) is 0 Å². The minimum absolute atomic E-state index is 0.0560. The maximum absolute atomic E-state index is 13.1. The van der Waals surface area contributed by atoms with Gasteiger partial charge in [0.2, 0.25) is 0 Å². The smallest absolute Gasteiger partial charge is 0.258 e. The van der Waals surface area contributed by atoms with E-state index in [1.54, 1.807) is 0 Å². The predicted molar refractivity (Wildman–Crippen MR) is 95.5 cm³/mol. The zero-order chi connectivity index (χ0) is 18.7. The first-order chi connectivity index (χ1) is 12.3. The summed E-state index contributed by atoms with van der Waals surface area (Å²) >= 11 is 5.70. The molecule has 26 heavy (non-hydrogen) atoms. The van der Waals surface area contributed by atoms with Crippen LogP contribution in [0.25, 0.3) is 0 Å². The van der Waals surface area contributed by atoms with E-state index in [1.165, 1.54) is 18.2 Å². The largest absolute Gasteiger partial charge is 0.486 e. The van der Waals surface area contributed by atoms with Gasteiger partial charge in [0.25, 0.3) is 5.91 Å². The fourth-order valence-electron chi connectivity index (χ4n) is 2.60. The predicted octanol–water partition coefficient (Wildman–Crippen LogP) is 3.68. The lowest BCUT2D eigenvalue weighted by atomic mass is 9.93. The van der Waals surface area contributed by atoms with Gasteiger partial charge in [0, 0.05) is 6.07 Å². The summed E-state index contributed by atoms with van der Waals surface area (Å²) in [6.45, 7) is 4.57. The van der Waals surface area contributed by atoms with E-state index in [4.69, 9.17) is 25.8 Å². The average Bonchev–Trinajstić information content (AvgIpc) is 2.62. The number of ether oxygens (including phenoxy) is 3. The SMILES string of the molecule is CC(C)(NC(=O)COc1ccc(F)c(Cl)c1)c1ccc2c(c1)OCCO2. The van der Waals surface area contributed by atoms with Crippen LogP contribution in [-0.4, -0.2) is 25.7 Å². The van der Waals surface area contributed by atoms with Crippen molar-refractivity contribution in [1.29, 1.82) is 0 Å². The minimum Gasteiger partial charge on any atom is -0.486 e. The standard InChI is InChI=1S/C19H19ClFNO4/c1-19(2,12-3-6-16-17(9-12)25-8-7-24-16)22-18(23)11-26-13-4-5-15(21)14(20)10-13/h3-6,9-10H,7-8,11H2,1-2H3,(H,22,23). The van der Waals surface area contributed by atoms with Crippen molar-refractivity contribution in [1.82, 2.24) is 5.32 Å². The van der Waals surface area contributed by atoms with Crippen molar-refractivity contribution in [2.75, 3.05) is 19.8 Å². The molecule has 1 aliphatic heterocycles. The van der Waals surface area contributed by atoms with Gasteiger partial charge in [0.15, 0.2) is 18.1 Å². The van der Waals surface area contributed by atoms with Gasteiger partial charge in [-0.3, -0.25) is 4.79 Å². The van der Waals surface area contributed by atoms with Crippen molar-refractivity contribution in [2.45, 2.75) is 19.4 Å². The van der Waals surface area contributed by atoms with E-state index in [-0.39, 0.29) is 17.5 Å². The molecule has 0 saturated heterocycles. The molecule has 1 N–H and O–H groups in total. The lowest BCUT2D eigenvalue weighted by Gasteiger charge is -2.28. The highest BCUT2D eigenvalue weighted by molar-refractivity contribution is 6.30. The Morgan fingerprint density at radius 1 is 1.19 bits per heavy atom. The Labute approximate surface area is 156 Å². The van der Waals surface area contributed by atoms with E-state index in [9.17, 15) is 9.18 Å². The molecule has 2 aromatic rings. The third-order valence-electron chi connectivity index (χ3n) is 3.98. The van der Waals surface area contributed by atoms with E-state index in [1.807, 2.05) is 32.0 Å². The van der Waals surface area contributed by atoms with Crippen molar-refractivity contribution < 1.29 is 23.4 Å². The molecule has 1 aliphatic rings. The second-order valence-corrected chi connectivity index (χ2v) is 6.80. The summed E-state index contributed by atoms with van der Waals surface area (Å²) in [5.41, 5.74) is 0.233. The van der Waals surface area contributed by atoms with Crippen molar-refractivity contribution >= 4 is 17.5 Å². The Morgan fingerprint density at radius 2 is 1.92 bits per heavy atom. The Kier molecular flexibility index (Phi) is 5.23. The van der Waals surface area contributed by atoms with Crippen LogP contribution in [0, 0.1) is 5.82 Å². The molecule has 1 amide bonds. The van der Waals surface area contributed by atoms with Gasteiger partial charge in [-0.05, 0) is 43.7 Å². The number of amides is 1. The van der Waals surface area contributed by atoms with Crippen LogP contribution >= 0.6 is 11.6 Å². The quantitative estimate of drug-likeness (QED) is 0.861. The number of rotatable bonds is 5. The highest BCUT2D eigenvalue weighted by atomic mass is 35.5. The Morgan fingerprint density at radius 3 is 2.65 bits per heavy atom. The van der Waals surface area contributed by atoms with Crippen LogP contribution in [0.3, 0.4) is 0 Å². The van der Waals surface area contributed by atoms with Crippen LogP contribution in [0.1, 0.15) is 19.4 Å². The van der Waals surface area contributed by atoms with Gasteiger partial charge in [0.1, 0.15) is 24.8 Å². The van der Waals surface area contributed by atoms with Crippen LogP contribution in [0.2, 0.25) is 5.02 Å². The second-order valence-electron chi connectivity index (χ2n) is 6.40. The van der Waals surface area contributed by atoms with E-state index >= 15 is 0 Å². The van der Waals surface area contributed by atoms with Crippen molar-refractivity contribution in [3.8, 4) is 17.2 Å². The molecule has 5 nitrogen and oxygen atoms in total. The monoisotopic (exact) mass is 379 g/mol. The summed E-state index contributed by atoms with van der Waals surface area (Å²) in [5.74, 6) is 0.823. The van der Waals surface area contributed by atoms with Crippen LogP contribution in [0.5, 0.6) is 17.2 Å². The Balaban J connectivity index is 1.63. The third kappa shape index (κ3) is 4.19. The molecule has 2 aromatic carbocycles. The van der Waals surface area contributed by atoms with Gasteiger partial charge in [-0.2, -0.15) is 0 Å². The molecule has 0 saturated carbocycles. The fourth-order valence-corrected chi connectivity index (χ4v) is 2.77. The summed E-state index contributed by atoms with van der Waals surface area (Å²) in [6.07, 6.45) is 0. The van der Waals surface area contributed by atoms with E-state index in [0.717, 1.165) is 5.56 Å². The van der Waals surface area contributed by atoms with E-state index < -0.39 is 11.4 Å². The first-order valence-corrected chi connectivity index (χ1v) is 8.52. The van der Waals surface area contributed by atoms with Gasteiger partial charge in [0.05, 0.1) is 10.6 Å².